The van der Waals surface area contributed by atoms with Gasteiger partial charge in [0.05, 0.1) is 33.4 Å². The van der Waals surface area contributed by atoms with E-state index in [9.17, 15) is 18.4 Å². The van der Waals surface area contributed by atoms with Gasteiger partial charge in [0.25, 0.3) is 5.91 Å². The van der Waals surface area contributed by atoms with Crippen molar-refractivity contribution in [2.24, 2.45) is 0 Å². The summed E-state index contributed by atoms with van der Waals surface area (Å²) in [4.78, 5) is 25.7. The van der Waals surface area contributed by atoms with Crippen LogP contribution in [-0.2, 0) is 11.3 Å². The van der Waals surface area contributed by atoms with Crippen molar-refractivity contribution in [3.05, 3.63) is 53.1 Å². The normalized spacial score (nSPS) is 10.3. The Balaban J connectivity index is 2.05. The molecule has 0 aliphatic heterocycles. The molecular formula is C20H22F2N2O5. The number of methoxy groups -OCH3 is 3. The van der Waals surface area contributed by atoms with Crippen LogP contribution in [0, 0.1) is 11.6 Å². The molecule has 2 amide bonds. The van der Waals surface area contributed by atoms with Crippen LogP contribution < -0.4 is 19.5 Å². The fourth-order valence-corrected chi connectivity index (χ4v) is 2.69. The minimum atomic E-state index is -1.00. The van der Waals surface area contributed by atoms with Crippen LogP contribution in [0.25, 0.3) is 0 Å². The largest absolute Gasteiger partial charge is 0.493 e. The number of halogens is 2. The highest BCUT2D eigenvalue weighted by atomic mass is 19.1. The first kappa shape index (κ1) is 21.9. The van der Waals surface area contributed by atoms with Crippen LogP contribution in [0.2, 0.25) is 0 Å². The standard InChI is InChI=1S/C20H22F2N2O5/c1-24(11-12-5-8-16(27-2)19(29-4)18(12)28-3)17(25)10-23-20(26)14-7-6-13(21)9-15(14)22/h5-9H,10-11H2,1-4H3,(H,23,26). The van der Waals surface area contributed by atoms with Crippen molar-refractivity contribution >= 4 is 11.8 Å². The molecule has 1 N–H and O–H groups in total. The second-order valence-electron chi connectivity index (χ2n) is 6.05. The number of nitrogens with one attached hydrogen (secondary N) is 1. The molecule has 0 saturated heterocycles. The van der Waals surface area contributed by atoms with Gasteiger partial charge in [0.2, 0.25) is 11.7 Å². The summed E-state index contributed by atoms with van der Waals surface area (Å²) in [5.41, 5.74) is 0.320. The molecule has 0 heterocycles. The number of benzene rings is 2. The third kappa shape index (κ3) is 5.13. The summed E-state index contributed by atoms with van der Waals surface area (Å²) in [6, 6.07) is 6.01. The van der Waals surface area contributed by atoms with E-state index in [2.05, 4.69) is 5.32 Å². The van der Waals surface area contributed by atoms with E-state index in [1.54, 1.807) is 19.2 Å². The summed E-state index contributed by atoms with van der Waals surface area (Å²) in [6.45, 7) is -0.190. The van der Waals surface area contributed by atoms with Gasteiger partial charge in [-0.15, -0.1) is 0 Å². The SMILES string of the molecule is COc1ccc(CN(C)C(=O)CNC(=O)c2ccc(F)cc2F)c(OC)c1OC. The van der Waals surface area contributed by atoms with Crippen LogP contribution >= 0.6 is 0 Å². The molecule has 2 aromatic rings. The molecule has 0 saturated carbocycles. The predicted octanol–water partition coefficient (Wildman–Crippen LogP) is 2.38. The molecule has 156 valence electrons. The lowest BCUT2D eigenvalue weighted by Gasteiger charge is -2.21. The maximum Gasteiger partial charge on any atom is 0.254 e. The number of likely N-dealkylation sites (N-methyl/N-ethyl adjacent to an activating group) is 1. The first-order valence-corrected chi connectivity index (χ1v) is 8.57. The highest BCUT2D eigenvalue weighted by Gasteiger charge is 2.19. The van der Waals surface area contributed by atoms with Crippen LogP contribution in [0.5, 0.6) is 17.2 Å². The number of carbonyl (C=O) groups excluding carboxylic acids is 2. The Labute approximate surface area is 167 Å². The van der Waals surface area contributed by atoms with Gasteiger partial charge in [-0.25, -0.2) is 8.78 Å². The van der Waals surface area contributed by atoms with Crippen LogP contribution in [-0.4, -0.2) is 51.6 Å². The lowest BCUT2D eigenvalue weighted by Crippen LogP contribution is -2.38. The minimum Gasteiger partial charge on any atom is -0.493 e. The molecule has 0 aliphatic rings. The molecular weight excluding hydrogens is 386 g/mol. The third-order valence-electron chi connectivity index (χ3n) is 4.19. The second kappa shape index (κ2) is 9.72. The Kier molecular flexibility index (Phi) is 7.35. The summed E-state index contributed by atoms with van der Waals surface area (Å²) in [5, 5.41) is 2.33. The van der Waals surface area contributed by atoms with Crippen molar-refractivity contribution in [1.29, 1.82) is 0 Å². The van der Waals surface area contributed by atoms with Gasteiger partial charge in [-0.1, -0.05) is 0 Å². The molecule has 0 atom stereocenters. The van der Waals surface area contributed by atoms with Gasteiger partial charge in [-0.2, -0.15) is 0 Å². The Morgan fingerprint density at radius 3 is 2.28 bits per heavy atom. The van der Waals surface area contributed by atoms with Crippen molar-refractivity contribution in [3.8, 4) is 17.2 Å². The molecule has 0 unspecified atom stereocenters. The first-order valence-electron chi connectivity index (χ1n) is 8.57. The van der Waals surface area contributed by atoms with E-state index in [1.165, 1.54) is 26.2 Å². The van der Waals surface area contributed by atoms with E-state index in [4.69, 9.17) is 14.2 Å². The molecule has 0 aromatic heterocycles. The van der Waals surface area contributed by atoms with Gasteiger partial charge >= 0.3 is 0 Å². The molecule has 2 rings (SSSR count). The lowest BCUT2D eigenvalue weighted by atomic mass is 10.1. The molecule has 0 fully saturated rings. The van der Waals surface area contributed by atoms with Crippen molar-refractivity contribution in [1.82, 2.24) is 10.2 Å². The number of rotatable bonds is 8. The summed E-state index contributed by atoms with van der Waals surface area (Å²) >= 11 is 0. The Hall–Kier alpha value is -3.36. The van der Waals surface area contributed by atoms with E-state index in [1.807, 2.05) is 0 Å². The van der Waals surface area contributed by atoms with E-state index in [0.717, 1.165) is 12.1 Å². The summed E-state index contributed by atoms with van der Waals surface area (Å²) in [6.07, 6.45) is 0. The van der Waals surface area contributed by atoms with Gasteiger partial charge in [0.1, 0.15) is 11.6 Å². The molecule has 0 radical (unpaired) electrons. The first-order chi connectivity index (χ1) is 13.8. The lowest BCUT2D eigenvalue weighted by molar-refractivity contribution is -0.129. The zero-order chi connectivity index (χ0) is 21.6. The number of hydrogen-bond acceptors (Lipinski definition) is 5. The zero-order valence-electron chi connectivity index (χ0n) is 16.5. The smallest absolute Gasteiger partial charge is 0.254 e. The van der Waals surface area contributed by atoms with Crippen molar-refractivity contribution < 1.29 is 32.6 Å². The summed E-state index contributed by atoms with van der Waals surface area (Å²) in [7, 11) is 5.99. The fourth-order valence-electron chi connectivity index (χ4n) is 2.69. The maximum atomic E-state index is 13.7. The topological polar surface area (TPSA) is 77.1 Å². The summed E-state index contributed by atoms with van der Waals surface area (Å²) in [5.74, 6) is -1.73. The van der Waals surface area contributed by atoms with Crippen molar-refractivity contribution in [2.75, 3.05) is 34.9 Å². The highest BCUT2D eigenvalue weighted by molar-refractivity contribution is 5.96. The summed E-state index contributed by atoms with van der Waals surface area (Å²) < 4.78 is 42.5. The quantitative estimate of drug-likeness (QED) is 0.726. The zero-order valence-corrected chi connectivity index (χ0v) is 16.5. The Morgan fingerprint density at radius 1 is 1.00 bits per heavy atom. The molecule has 0 bridgehead atoms. The maximum absolute atomic E-state index is 13.7. The number of amides is 2. The highest BCUT2D eigenvalue weighted by Crippen LogP contribution is 2.40. The van der Waals surface area contributed by atoms with Crippen LogP contribution in [0.15, 0.2) is 30.3 Å². The molecule has 29 heavy (non-hydrogen) atoms. The van der Waals surface area contributed by atoms with Crippen molar-refractivity contribution in [2.45, 2.75) is 6.54 Å². The van der Waals surface area contributed by atoms with Gasteiger partial charge in [-0.3, -0.25) is 9.59 Å². The van der Waals surface area contributed by atoms with E-state index in [0.29, 0.717) is 28.9 Å². The van der Waals surface area contributed by atoms with Gasteiger partial charge < -0.3 is 24.4 Å². The molecule has 9 heteroatoms. The molecule has 2 aromatic carbocycles. The average molecular weight is 408 g/mol. The van der Waals surface area contributed by atoms with E-state index < -0.39 is 23.4 Å². The Bertz CT molecular complexity index is 905. The monoisotopic (exact) mass is 408 g/mol. The van der Waals surface area contributed by atoms with Gasteiger partial charge in [0.15, 0.2) is 11.5 Å². The van der Waals surface area contributed by atoms with Gasteiger partial charge in [-0.05, 0) is 24.3 Å². The van der Waals surface area contributed by atoms with E-state index >= 15 is 0 Å². The Morgan fingerprint density at radius 2 is 1.69 bits per heavy atom. The van der Waals surface area contributed by atoms with Crippen LogP contribution in [0.3, 0.4) is 0 Å². The molecule has 7 nitrogen and oxygen atoms in total. The van der Waals surface area contributed by atoms with E-state index in [-0.39, 0.29) is 18.7 Å². The molecule has 0 aliphatic carbocycles. The van der Waals surface area contributed by atoms with Gasteiger partial charge in [0, 0.05) is 25.2 Å². The van der Waals surface area contributed by atoms with Crippen molar-refractivity contribution in [3.63, 3.8) is 0 Å². The minimum absolute atomic E-state index is 0.170. The number of nitrogens with zero attached hydrogens (tertiary/aromatic N) is 1. The average Bonchev–Trinajstić information content (AvgIpc) is 2.70. The van der Waals surface area contributed by atoms with Crippen LogP contribution in [0.4, 0.5) is 8.78 Å². The number of carbonyl (C=O) groups is 2. The third-order valence-corrected chi connectivity index (χ3v) is 4.19. The number of ether oxygens (including phenoxy) is 3. The van der Waals surface area contributed by atoms with Crippen LogP contribution in [0.1, 0.15) is 15.9 Å². The predicted molar refractivity (Wildman–Crippen MR) is 101 cm³/mol. The number of hydrogen-bond donors (Lipinski definition) is 1. The fraction of sp³-hybridized carbons (Fsp3) is 0.300. The molecule has 0 spiro atoms. The second-order valence-corrected chi connectivity index (χ2v) is 6.05.